The van der Waals surface area contributed by atoms with Crippen LogP contribution in [-0.2, 0) is 9.53 Å². The predicted octanol–water partition coefficient (Wildman–Crippen LogP) is 1.34. The normalized spacial score (nSPS) is 23.4. The van der Waals surface area contributed by atoms with Crippen LogP contribution in [0.3, 0.4) is 0 Å². The predicted molar refractivity (Wildman–Crippen MR) is 110 cm³/mol. The van der Waals surface area contributed by atoms with Gasteiger partial charge in [0.05, 0.1) is 12.7 Å². The van der Waals surface area contributed by atoms with Crippen LogP contribution in [0.25, 0.3) is 22.3 Å². The molecule has 1 fully saturated rings. The molecule has 3 aromatic rings. The zero-order valence-electron chi connectivity index (χ0n) is 17.0. The molecule has 1 aliphatic heterocycles. The lowest BCUT2D eigenvalue weighted by Gasteiger charge is -2.35. The average Bonchev–Trinajstić information content (AvgIpc) is 2.75. The van der Waals surface area contributed by atoms with Crippen molar-refractivity contribution in [1.82, 2.24) is 0 Å². The van der Waals surface area contributed by atoms with E-state index in [1.165, 1.54) is 32.2 Å². The van der Waals surface area contributed by atoms with Crippen molar-refractivity contribution in [2.45, 2.75) is 31.3 Å². The number of fused-ring (bicyclic) bond motifs is 1. The summed E-state index contributed by atoms with van der Waals surface area (Å²) in [6.45, 7) is 1.35. The van der Waals surface area contributed by atoms with E-state index in [4.69, 9.17) is 13.9 Å². The number of carbonyl (C=O) groups is 1. The lowest BCUT2D eigenvalue weighted by Crippen LogP contribution is -2.50. The van der Waals surface area contributed by atoms with E-state index in [9.17, 15) is 35.1 Å². The van der Waals surface area contributed by atoms with Crippen molar-refractivity contribution < 1.29 is 44.2 Å². The second-order valence-electron chi connectivity index (χ2n) is 7.43. The van der Waals surface area contributed by atoms with Gasteiger partial charge in [0.1, 0.15) is 52.6 Å². The molecule has 5 N–H and O–H groups in total. The SMILES string of the molecule is COc1cc(-c2cc(=O)c3c(O)c([C@@H]4O[C@@H](C)C(=O)[C@@H](O)[C@H]4O)c(O)cc3o2)ccc1O. The number of rotatable bonds is 3. The van der Waals surface area contributed by atoms with Gasteiger partial charge in [0.15, 0.2) is 22.7 Å². The second-order valence-corrected chi connectivity index (χ2v) is 7.43. The molecule has 1 aliphatic rings. The molecular weight excluding hydrogens is 424 g/mol. The Morgan fingerprint density at radius 2 is 1.72 bits per heavy atom. The van der Waals surface area contributed by atoms with Crippen LogP contribution < -0.4 is 10.2 Å². The number of ketones is 1. The molecule has 0 bridgehead atoms. The average molecular weight is 444 g/mol. The molecule has 4 rings (SSSR count). The summed E-state index contributed by atoms with van der Waals surface area (Å²) < 4.78 is 16.1. The highest BCUT2D eigenvalue weighted by Crippen LogP contribution is 2.44. The van der Waals surface area contributed by atoms with Crippen LogP contribution >= 0.6 is 0 Å². The molecule has 0 spiro atoms. The Balaban J connectivity index is 1.87. The molecule has 4 atom stereocenters. The monoisotopic (exact) mass is 444 g/mol. The fourth-order valence-corrected chi connectivity index (χ4v) is 3.74. The Bertz CT molecular complexity index is 1280. The lowest BCUT2D eigenvalue weighted by molar-refractivity contribution is -0.181. The maximum absolute atomic E-state index is 12.8. The van der Waals surface area contributed by atoms with E-state index >= 15 is 0 Å². The van der Waals surface area contributed by atoms with Crippen LogP contribution in [-0.4, -0.2) is 56.7 Å². The lowest BCUT2D eigenvalue weighted by atomic mass is 9.91. The first kappa shape index (κ1) is 21.6. The van der Waals surface area contributed by atoms with Gasteiger partial charge in [-0.05, 0) is 25.1 Å². The molecule has 0 unspecified atom stereocenters. The summed E-state index contributed by atoms with van der Waals surface area (Å²) in [4.78, 5) is 24.7. The molecule has 2 aromatic carbocycles. The van der Waals surface area contributed by atoms with Gasteiger partial charge >= 0.3 is 0 Å². The van der Waals surface area contributed by atoms with E-state index in [0.29, 0.717) is 5.56 Å². The zero-order chi connectivity index (χ0) is 23.3. The number of aliphatic hydroxyl groups is 2. The number of hydrogen-bond donors (Lipinski definition) is 5. The van der Waals surface area contributed by atoms with Gasteiger partial charge in [-0.15, -0.1) is 0 Å². The minimum absolute atomic E-state index is 0.0796. The van der Waals surface area contributed by atoms with Gasteiger partial charge in [-0.25, -0.2) is 0 Å². The highest BCUT2D eigenvalue weighted by Gasteiger charge is 2.44. The molecule has 2 heterocycles. The first-order valence-electron chi connectivity index (χ1n) is 9.59. The van der Waals surface area contributed by atoms with E-state index in [-0.39, 0.29) is 33.8 Å². The Kier molecular flexibility index (Phi) is 5.29. The first-order chi connectivity index (χ1) is 15.1. The van der Waals surface area contributed by atoms with Crippen LogP contribution in [0.2, 0.25) is 0 Å². The van der Waals surface area contributed by atoms with Crippen molar-refractivity contribution in [2.75, 3.05) is 7.11 Å². The van der Waals surface area contributed by atoms with E-state index in [1.807, 2.05) is 0 Å². The minimum atomic E-state index is -1.79. The number of hydrogen-bond acceptors (Lipinski definition) is 10. The summed E-state index contributed by atoms with van der Waals surface area (Å²) in [5.74, 6) is -1.91. The van der Waals surface area contributed by atoms with Gasteiger partial charge in [-0.2, -0.15) is 0 Å². The molecule has 32 heavy (non-hydrogen) atoms. The third-order valence-corrected chi connectivity index (χ3v) is 5.44. The summed E-state index contributed by atoms with van der Waals surface area (Å²) in [5, 5.41) is 51.0. The fraction of sp³-hybridized carbons (Fsp3) is 0.273. The van der Waals surface area contributed by atoms with Gasteiger partial charge in [0.25, 0.3) is 0 Å². The summed E-state index contributed by atoms with van der Waals surface area (Å²) in [7, 11) is 1.36. The topological polar surface area (TPSA) is 167 Å². The third kappa shape index (κ3) is 3.34. The summed E-state index contributed by atoms with van der Waals surface area (Å²) >= 11 is 0. The summed E-state index contributed by atoms with van der Waals surface area (Å²) in [6.07, 6.45) is -6.15. The first-order valence-corrected chi connectivity index (χ1v) is 9.59. The van der Waals surface area contributed by atoms with Crippen LogP contribution in [0.1, 0.15) is 18.6 Å². The van der Waals surface area contributed by atoms with Crippen LogP contribution in [0, 0.1) is 0 Å². The molecule has 0 saturated carbocycles. The molecule has 0 amide bonds. The van der Waals surface area contributed by atoms with Crippen LogP contribution in [0.4, 0.5) is 0 Å². The highest BCUT2D eigenvalue weighted by molar-refractivity contribution is 5.90. The number of aliphatic hydroxyl groups excluding tert-OH is 2. The van der Waals surface area contributed by atoms with Crippen LogP contribution in [0.15, 0.2) is 39.5 Å². The van der Waals surface area contributed by atoms with Gasteiger partial charge in [-0.3, -0.25) is 9.59 Å². The van der Waals surface area contributed by atoms with Crippen LogP contribution in [0.5, 0.6) is 23.0 Å². The number of ether oxygens (including phenoxy) is 2. The molecule has 10 heteroatoms. The van der Waals surface area contributed by atoms with Gasteiger partial charge in [-0.1, -0.05) is 0 Å². The number of aromatic hydroxyl groups is 3. The molecule has 1 saturated heterocycles. The number of methoxy groups -OCH3 is 1. The van der Waals surface area contributed by atoms with Gasteiger partial charge in [0, 0.05) is 17.7 Å². The Labute approximate surface area is 180 Å². The molecule has 0 aliphatic carbocycles. The smallest absolute Gasteiger partial charge is 0.197 e. The molecule has 168 valence electrons. The van der Waals surface area contributed by atoms with Crippen molar-refractivity contribution >= 4 is 16.8 Å². The molecule has 0 radical (unpaired) electrons. The number of benzene rings is 2. The number of carbonyl (C=O) groups excluding carboxylic acids is 1. The Morgan fingerprint density at radius 3 is 2.41 bits per heavy atom. The van der Waals surface area contributed by atoms with Crippen molar-refractivity contribution in [3.63, 3.8) is 0 Å². The van der Waals surface area contributed by atoms with E-state index < -0.39 is 47.1 Å². The van der Waals surface area contributed by atoms with Crippen molar-refractivity contribution in [3.05, 3.63) is 46.1 Å². The minimum Gasteiger partial charge on any atom is -0.507 e. The number of phenols is 3. The zero-order valence-corrected chi connectivity index (χ0v) is 17.0. The standard InChI is InChI=1S/C22H20O10/c1-8-18(26)20(28)21(29)22(31-8)17-12(25)7-15-16(19(17)27)11(24)6-13(32-15)9-3-4-10(23)14(5-9)30-2/h3-8,20-23,25,27-29H,1-2H3/t8-,20+,21+,22-/m0/s1. The van der Waals surface area contributed by atoms with Gasteiger partial charge < -0.3 is 39.4 Å². The Hall–Kier alpha value is -3.60. The second kappa shape index (κ2) is 7.83. The van der Waals surface area contributed by atoms with Crippen molar-refractivity contribution in [3.8, 4) is 34.3 Å². The fourth-order valence-electron chi connectivity index (χ4n) is 3.74. The summed E-state index contributed by atoms with van der Waals surface area (Å²) in [5.41, 5.74) is -0.784. The maximum Gasteiger partial charge on any atom is 0.197 e. The molecule has 1 aromatic heterocycles. The van der Waals surface area contributed by atoms with Gasteiger partial charge in [0.2, 0.25) is 0 Å². The summed E-state index contributed by atoms with van der Waals surface area (Å²) in [6, 6.07) is 6.46. The third-order valence-electron chi connectivity index (χ3n) is 5.44. The molecule has 10 nitrogen and oxygen atoms in total. The number of phenolic OH excluding ortho intramolecular Hbond substituents is 3. The number of Topliss-reactive ketones (excluding diaryl/α,β-unsaturated/α-hetero) is 1. The van der Waals surface area contributed by atoms with Crippen molar-refractivity contribution in [2.24, 2.45) is 0 Å². The van der Waals surface area contributed by atoms with E-state index in [0.717, 1.165) is 12.1 Å². The highest BCUT2D eigenvalue weighted by atomic mass is 16.5. The van der Waals surface area contributed by atoms with Crippen molar-refractivity contribution in [1.29, 1.82) is 0 Å². The Morgan fingerprint density at radius 1 is 1.00 bits per heavy atom. The van der Waals surface area contributed by atoms with E-state index in [2.05, 4.69) is 0 Å². The molecular formula is C22H20O10. The maximum atomic E-state index is 12.8. The quantitative estimate of drug-likeness (QED) is 0.398. The largest absolute Gasteiger partial charge is 0.507 e. The van der Waals surface area contributed by atoms with E-state index in [1.54, 1.807) is 0 Å².